The molecule has 1 aliphatic rings. The van der Waals surface area contributed by atoms with Gasteiger partial charge in [-0.2, -0.15) is 5.10 Å². The van der Waals surface area contributed by atoms with E-state index in [0.29, 0.717) is 6.04 Å². The number of aromatic nitrogens is 2. The number of nitrogens with one attached hydrogen (secondary N) is 2. The highest BCUT2D eigenvalue weighted by molar-refractivity contribution is 14.0. The summed E-state index contributed by atoms with van der Waals surface area (Å²) in [7, 11) is 0. The minimum Gasteiger partial charge on any atom is -0.379 e. The first-order chi connectivity index (χ1) is 13.8. The van der Waals surface area contributed by atoms with Crippen molar-refractivity contribution in [3.63, 3.8) is 0 Å². The van der Waals surface area contributed by atoms with Gasteiger partial charge < -0.3 is 15.4 Å². The zero-order valence-electron chi connectivity index (χ0n) is 17.4. The van der Waals surface area contributed by atoms with Gasteiger partial charge in [0.2, 0.25) is 0 Å². The Labute approximate surface area is 190 Å². The van der Waals surface area contributed by atoms with E-state index in [2.05, 4.69) is 58.7 Å². The van der Waals surface area contributed by atoms with Crippen LogP contribution in [0.2, 0.25) is 0 Å². The highest BCUT2D eigenvalue weighted by Gasteiger charge is 2.16. The first kappa shape index (κ1) is 23.6. The van der Waals surface area contributed by atoms with Crippen LogP contribution in [0.15, 0.2) is 47.7 Å². The molecule has 160 valence electrons. The number of hydrogen-bond acceptors (Lipinski definition) is 4. The zero-order chi connectivity index (χ0) is 19.6. The van der Waals surface area contributed by atoms with Crippen LogP contribution >= 0.6 is 24.0 Å². The summed E-state index contributed by atoms with van der Waals surface area (Å²) in [6, 6.07) is 10.9. The molecule has 29 heavy (non-hydrogen) atoms. The second-order valence-electron chi connectivity index (χ2n) is 7.01. The van der Waals surface area contributed by atoms with Crippen LogP contribution in [0, 0.1) is 0 Å². The van der Waals surface area contributed by atoms with Crippen molar-refractivity contribution in [2.45, 2.75) is 26.3 Å². The van der Waals surface area contributed by atoms with E-state index in [4.69, 9.17) is 9.73 Å². The number of hydrogen-bond donors (Lipinski definition) is 2. The fourth-order valence-corrected chi connectivity index (χ4v) is 3.26. The third kappa shape index (κ3) is 7.60. The van der Waals surface area contributed by atoms with Crippen LogP contribution in [0.1, 0.15) is 19.4 Å². The summed E-state index contributed by atoms with van der Waals surface area (Å²) in [5.74, 6) is 0.885. The van der Waals surface area contributed by atoms with E-state index >= 15 is 0 Å². The minimum atomic E-state index is 0. The molecule has 1 unspecified atom stereocenters. The van der Waals surface area contributed by atoms with Gasteiger partial charge in [-0.25, -0.2) is 4.68 Å². The fraction of sp³-hybridized carbons (Fsp3) is 0.524. The van der Waals surface area contributed by atoms with Gasteiger partial charge in [-0.15, -0.1) is 24.0 Å². The Morgan fingerprint density at radius 3 is 2.62 bits per heavy atom. The van der Waals surface area contributed by atoms with E-state index in [1.807, 2.05) is 16.9 Å². The molecule has 2 heterocycles. The lowest BCUT2D eigenvalue weighted by molar-refractivity contribution is 0.0220. The van der Waals surface area contributed by atoms with E-state index in [1.165, 1.54) is 5.56 Å². The number of ether oxygens (including phenoxy) is 1. The quantitative estimate of drug-likeness (QED) is 0.323. The number of rotatable bonds is 8. The van der Waals surface area contributed by atoms with Gasteiger partial charge in [-0.05, 0) is 44.0 Å². The predicted octanol–water partition coefficient (Wildman–Crippen LogP) is 2.31. The Kier molecular flexibility index (Phi) is 10.4. The number of aliphatic imine (C=N–C) groups is 1. The van der Waals surface area contributed by atoms with Gasteiger partial charge >= 0.3 is 0 Å². The molecule has 0 spiro atoms. The van der Waals surface area contributed by atoms with Crippen LogP contribution in [-0.4, -0.2) is 72.6 Å². The Morgan fingerprint density at radius 1 is 1.21 bits per heavy atom. The number of guanidine groups is 1. The standard InChI is InChI=1S/C21H32N6O.HI/c1-3-22-21(24-17-18(2)26-13-15-28-16-14-26)23-11-9-19-5-7-20(8-6-19)27-12-4-10-25-27;/h4-8,10,12,18H,3,9,11,13-17H2,1-2H3,(H2,22,23,24);1H. The van der Waals surface area contributed by atoms with E-state index in [1.54, 1.807) is 6.20 Å². The van der Waals surface area contributed by atoms with Gasteiger partial charge in [0.25, 0.3) is 0 Å². The molecule has 1 atom stereocenters. The highest BCUT2D eigenvalue weighted by Crippen LogP contribution is 2.09. The van der Waals surface area contributed by atoms with Gasteiger partial charge in [-0.1, -0.05) is 12.1 Å². The molecule has 1 fully saturated rings. The lowest BCUT2D eigenvalue weighted by atomic mass is 10.1. The average molecular weight is 512 g/mol. The zero-order valence-corrected chi connectivity index (χ0v) is 19.7. The number of nitrogens with zero attached hydrogens (tertiary/aromatic N) is 4. The summed E-state index contributed by atoms with van der Waals surface area (Å²) in [5, 5.41) is 11.0. The topological polar surface area (TPSA) is 66.7 Å². The maximum absolute atomic E-state index is 5.43. The monoisotopic (exact) mass is 512 g/mol. The maximum atomic E-state index is 5.43. The molecular formula is C21H33IN6O. The summed E-state index contributed by atoms with van der Waals surface area (Å²) in [4.78, 5) is 7.21. The van der Waals surface area contributed by atoms with Crippen molar-refractivity contribution < 1.29 is 4.74 Å². The Balaban J connectivity index is 0.00000300. The summed E-state index contributed by atoms with van der Waals surface area (Å²) in [6.45, 7) is 10.5. The van der Waals surface area contributed by atoms with Crippen molar-refractivity contribution in [1.29, 1.82) is 0 Å². The maximum Gasteiger partial charge on any atom is 0.191 e. The number of benzene rings is 1. The molecule has 0 amide bonds. The molecule has 1 aromatic carbocycles. The van der Waals surface area contributed by atoms with Crippen LogP contribution in [0.5, 0.6) is 0 Å². The van der Waals surface area contributed by atoms with Crippen LogP contribution in [-0.2, 0) is 11.2 Å². The fourth-order valence-electron chi connectivity index (χ4n) is 3.26. The molecule has 8 heteroatoms. The summed E-state index contributed by atoms with van der Waals surface area (Å²) < 4.78 is 7.30. The molecule has 0 saturated carbocycles. The van der Waals surface area contributed by atoms with Crippen LogP contribution < -0.4 is 10.6 Å². The van der Waals surface area contributed by atoms with Gasteiger partial charge in [0.15, 0.2) is 5.96 Å². The second-order valence-corrected chi connectivity index (χ2v) is 7.01. The lowest BCUT2D eigenvalue weighted by Crippen LogP contribution is -2.44. The van der Waals surface area contributed by atoms with Gasteiger partial charge in [0, 0.05) is 44.6 Å². The molecular weight excluding hydrogens is 479 g/mol. The molecule has 1 saturated heterocycles. The van der Waals surface area contributed by atoms with E-state index in [-0.39, 0.29) is 24.0 Å². The van der Waals surface area contributed by atoms with Gasteiger partial charge in [-0.3, -0.25) is 9.89 Å². The largest absolute Gasteiger partial charge is 0.379 e. The van der Waals surface area contributed by atoms with E-state index in [0.717, 1.165) is 64.0 Å². The molecule has 0 bridgehead atoms. The predicted molar refractivity (Wildman–Crippen MR) is 129 cm³/mol. The molecule has 7 nitrogen and oxygen atoms in total. The van der Waals surface area contributed by atoms with E-state index in [9.17, 15) is 0 Å². The minimum absolute atomic E-state index is 0. The molecule has 2 N–H and O–H groups in total. The van der Waals surface area contributed by atoms with Crippen molar-refractivity contribution in [3.8, 4) is 5.69 Å². The second kappa shape index (κ2) is 12.8. The first-order valence-electron chi connectivity index (χ1n) is 10.2. The van der Waals surface area contributed by atoms with Crippen LogP contribution in [0.4, 0.5) is 0 Å². The lowest BCUT2D eigenvalue weighted by Gasteiger charge is -2.31. The van der Waals surface area contributed by atoms with Gasteiger partial charge in [0.1, 0.15) is 0 Å². The summed E-state index contributed by atoms with van der Waals surface area (Å²) in [6.07, 6.45) is 4.69. The molecule has 1 aromatic heterocycles. The van der Waals surface area contributed by atoms with E-state index < -0.39 is 0 Å². The highest BCUT2D eigenvalue weighted by atomic mass is 127. The smallest absolute Gasteiger partial charge is 0.191 e. The van der Waals surface area contributed by atoms with Crippen molar-refractivity contribution in [2.24, 2.45) is 4.99 Å². The normalized spacial score (nSPS) is 16.1. The molecule has 2 aromatic rings. The third-order valence-corrected chi connectivity index (χ3v) is 4.94. The van der Waals surface area contributed by atoms with Crippen molar-refractivity contribution in [1.82, 2.24) is 25.3 Å². The Morgan fingerprint density at radius 2 is 1.97 bits per heavy atom. The molecule has 1 aliphatic heterocycles. The third-order valence-electron chi connectivity index (χ3n) is 4.94. The van der Waals surface area contributed by atoms with Crippen molar-refractivity contribution in [3.05, 3.63) is 48.3 Å². The molecule has 0 radical (unpaired) electrons. The number of morpholine rings is 1. The average Bonchev–Trinajstić information content (AvgIpc) is 3.28. The Bertz CT molecular complexity index is 713. The van der Waals surface area contributed by atoms with Crippen molar-refractivity contribution in [2.75, 3.05) is 45.9 Å². The van der Waals surface area contributed by atoms with Gasteiger partial charge in [0.05, 0.1) is 25.4 Å². The summed E-state index contributed by atoms with van der Waals surface area (Å²) >= 11 is 0. The molecule has 3 rings (SSSR count). The SMILES string of the molecule is CCNC(=NCC(C)N1CCOCC1)NCCc1ccc(-n2cccn2)cc1.I. The summed E-state index contributed by atoms with van der Waals surface area (Å²) in [5.41, 5.74) is 2.37. The number of halogens is 1. The first-order valence-corrected chi connectivity index (χ1v) is 10.2. The van der Waals surface area contributed by atoms with Crippen LogP contribution in [0.3, 0.4) is 0 Å². The van der Waals surface area contributed by atoms with Crippen molar-refractivity contribution >= 4 is 29.9 Å². The Hall–Kier alpha value is -1.65. The van der Waals surface area contributed by atoms with Crippen LogP contribution in [0.25, 0.3) is 5.69 Å². The molecule has 0 aliphatic carbocycles.